The van der Waals surface area contributed by atoms with Crippen LogP contribution in [0.1, 0.15) is 54.4 Å². The Bertz CT molecular complexity index is 235. The van der Waals surface area contributed by atoms with Crippen LogP contribution < -0.4 is 5.32 Å². The molecule has 0 aliphatic carbocycles. The minimum absolute atomic E-state index is 0.421. The first-order valence-electron chi connectivity index (χ1n) is 7.82. The van der Waals surface area contributed by atoms with E-state index < -0.39 is 0 Å². The molecule has 1 aliphatic rings. The standard InChI is InChI=1S/C16H34N2/c1-7-14(4)15-11-18(10-8-9-17-15)12-16(5,6)13(2)3/h13-15,17H,7-12H2,1-6H3. The van der Waals surface area contributed by atoms with Gasteiger partial charge in [-0.2, -0.15) is 0 Å². The average molecular weight is 254 g/mol. The van der Waals surface area contributed by atoms with Crippen LogP contribution in [0.2, 0.25) is 0 Å². The van der Waals surface area contributed by atoms with E-state index in [1.54, 1.807) is 0 Å². The van der Waals surface area contributed by atoms with E-state index in [1.165, 1.54) is 39.0 Å². The van der Waals surface area contributed by atoms with Crippen molar-refractivity contribution in [2.24, 2.45) is 17.3 Å². The molecule has 1 heterocycles. The second-order valence-corrected chi connectivity index (χ2v) is 7.18. The van der Waals surface area contributed by atoms with Gasteiger partial charge in [0.1, 0.15) is 0 Å². The Labute approximate surface area is 115 Å². The van der Waals surface area contributed by atoms with Gasteiger partial charge < -0.3 is 10.2 Å². The summed E-state index contributed by atoms with van der Waals surface area (Å²) in [4.78, 5) is 2.69. The number of hydrogen-bond donors (Lipinski definition) is 1. The minimum Gasteiger partial charge on any atom is -0.312 e. The van der Waals surface area contributed by atoms with E-state index in [4.69, 9.17) is 0 Å². The van der Waals surface area contributed by atoms with Crippen LogP contribution in [0.15, 0.2) is 0 Å². The fourth-order valence-electron chi connectivity index (χ4n) is 2.59. The molecular formula is C16H34N2. The van der Waals surface area contributed by atoms with Gasteiger partial charge >= 0.3 is 0 Å². The highest BCUT2D eigenvalue weighted by Crippen LogP contribution is 2.28. The predicted molar refractivity (Wildman–Crippen MR) is 80.9 cm³/mol. The molecule has 1 rings (SSSR count). The third-order valence-corrected chi connectivity index (χ3v) is 5.04. The Morgan fingerprint density at radius 1 is 1.28 bits per heavy atom. The monoisotopic (exact) mass is 254 g/mol. The summed E-state index contributed by atoms with van der Waals surface area (Å²) in [6.07, 6.45) is 2.57. The average Bonchev–Trinajstić information content (AvgIpc) is 2.52. The first-order valence-corrected chi connectivity index (χ1v) is 7.82. The van der Waals surface area contributed by atoms with Crippen LogP contribution in [0, 0.1) is 17.3 Å². The number of nitrogens with zero attached hydrogens (tertiary/aromatic N) is 1. The summed E-state index contributed by atoms with van der Waals surface area (Å²) in [5.74, 6) is 1.53. The molecule has 1 fully saturated rings. The van der Waals surface area contributed by atoms with E-state index in [9.17, 15) is 0 Å². The molecule has 1 saturated heterocycles. The van der Waals surface area contributed by atoms with Crippen molar-refractivity contribution < 1.29 is 0 Å². The molecule has 0 radical (unpaired) electrons. The largest absolute Gasteiger partial charge is 0.312 e. The quantitative estimate of drug-likeness (QED) is 0.809. The SMILES string of the molecule is CCC(C)C1CN(CC(C)(C)C(C)C)CCCN1. The maximum absolute atomic E-state index is 3.74. The van der Waals surface area contributed by atoms with Gasteiger partial charge in [-0.3, -0.25) is 0 Å². The van der Waals surface area contributed by atoms with Crippen LogP contribution >= 0.6 is 0 Å². The molecule has 2 unspecified atom stereocenters. The molecule has 2 heteroatoms. The molecule has 108 valence electrons. The van der Waals surface area contributed by atoms with Crippen molar-refractivity contribution in [1.29, 1.82) is 0 Å². The Kier molecular flexibility index (Phi) is 6.13. The van der Waals surface area contributed by atoms with Crippen molar-refractivity contribution in [3.05, 3.63) is 0 Å². The molecular weight excluding hydrogens is 220 g/mol. The fraction of sp³-hybridized carbons (Fsp3) is 1.00. The van der Waals surface area contributed by atoms with Crippen molar-refractivity contribution in [3.8, 4) is 0 Å². The summed E-state index contributed by atoms with van der Waals surface area (Å²) in [6, 6.07) is 0.681. The van der Waals surface area contributed by atoms with Crippen LogP contribution in [-0.2, 0) is 0 Å². The summed E-state index contributed by atoms with van der Waals surface area (Å²) < 4.78 is 0. The summed E-state index contributed by atoms with van der Waals surface area (Å²) in [6.45, 7) is 19.1. The van der Waals surface area contributed by atoms with Crippen LogP contribution in [0.25, 0.3) is 0 Å². The Morgan fingerprint density at radius 2 is 1.94 bits per heavy atom. The summed E-state index contributed by atoms with van der Waals surface area (Å²) >= 11 is 0. The first-order chi connectivity index (χ1) is 8.36. The molecule has 0 bridgehead atoms. The second-order valence-electron chi connectivity index (χ2n) is 7.18. The molecule has 0 aromatic carbocycles. The Morgan fingerprint density at radius 3 is 2.50 bits per heavy atom. The van der Waals surface area contributed by atoms with Gasteiger partial charge in [-0.05, 0) is 36.8 Å². The molecule has 0 spiro atoms. The predicted octanol–water partition coefficient (Wildman–Crippen LogP) is 3.38. The van der Waals surface area contributed by atoms with E-state index in [0.29, 0.717) is 11.5 Å². The molecule has 0 amide bonds. The van der Waals surface area contributed by atoms with Crippen molar-refractivity contribution in [2.45, 2.75) is 60.4 Å². The van der Waals surface area contributed by atoms with Crippen molar-refractivity contribution in [3.63, 3.8) is 0 Å². The van der Waals surface area contributed by atoms with Gasteiger partial charge in [-0.25, -0.2) is 0 Å². The zero-order chi connectivity index (χ0) is 13.8. The normalized spacial score (nSPS) is 25.2. The second kappa shape index (κ2) is 6.91. The van der Waals surface area contributed by atoms with Crippen LogP contribution in [-0.4, -0.2) is 37.1 Å². The van der Waals surface area contributed by atoms with Gasteiger partial charge in [0.25, 0.3) is 0 Å². The van der Waals surface area contributed by atoms with Crippen molar-refractivity contribution in [2.75, 3.05) is 26.2 Å². The van der Waals surface area contributed by atoms with Gasteiger partial charge in [-0.1, -0.05) is 48.0 Å². The Balaban J connectivity index is 2.59. The molecule has 1 N–H and O–H groups in total. The fourth-order valence-corrected chi connectivity index (χ4v) is 2.59. The number of nitrogens with one attached hydrogen (secondary N) is 1. The number of rotatable bonds is 5. The summed E-state index contributed by atoms with van der Waals surface area (Å²) in [5.41, 5.74) is 0.421. The lowest BCUT2D eigenvalue weighted by molar-refractivity contribution is 0.126. The lowest BCUT2D eigenvalue weighted by Gasteiger charge is -2.37. The number of hydrogen-bond acceptors (Lipinski definition) is 2. The molecule has 1 aliphatic heterocycles. The molecule has 0 aromatic heterocycles. The minimum atomic E-state index is 0.421. The van der Waals surface area contributed by atoms with E-state index in [2.05, 4.69) is 51.8 Å². The lowest BCUT2D eigenvalue weighted by Crippen LogP contribution is -2.45. The van der Waals surface area contributed by atoms with E-state index in [0.717, 1.165) is 11.8 Å². The van der Waals surface area contributed by atoms with Gasteiger partial charge in [0.15, 0.2) is 0 Å². The van der Waals surface area contributed by atoms with Crippen LogP contribution in [0.4, 0.5) is 0 Å². The van der Waals surface area contributed by atoms with Crippen LogP contribution in [0.3, 0.4) is 0 Å². The van der Waals surface area contributed by atoms with Crippen molar-refractivity contribution in [1.82, 2.24) is 10.2 Å². The Hall–Kier alpha value is -0.0800. The van der Waals surface area contributed by atoms with Crippen molar-refractivity contribution >= 4 is 0 Å². The summed E-state index contributed by atoms with van der Waals surface area (Å²) in [7, 11) is 0. The zero-order valence-electron chi connectivity index (χ0n) is 13.4. The molecule has 0 saturated carbocycles. The van der Waals surface area contributed by atoms with Gasteiger partial charge in [0.05, 0.1) is 0 Å². The highest BCUT2D eigenvalue weighted by molar-refractivity contribution is 4.84. The zero-order valence-corrected chi connectivity index (χ0v) is 13.4. The third kappa shape index (κ3) is 4.55. The summed E-state index contributed by atoms with van der Waals surface area (Å²) in [5, 5.41) is 3.74. The highest BCUT2D eigenvalue weighted by atomic mass is 15.2. The molecule has 2 atom stereocenters. The third-order valence-electron chi connectivity index (χ3n) is 5.04. The lowest BCUT2D eigenvalue weighted by atomic mass is 9.80. The van der Waals surface area contributed by atoms with Crippen LogP contribution in [0.5, 0.6) is 0 Å². The molecule has 2 nitrogen and oxygen atoms in total. The smallest absolute Gasteiger partial charge is 0.0220 e. The van der Waals surface area contributed by atoms with Gasteiger partial charge in [-0.15, -0.1) is 0 Å². The maximum atomic E-state index is 3.74. The molecule has 18 heavy (non-hydrogen) atoms. The van der Waals surface area contributed by atoms with E-state index in [1.807, 2.05) is 0 Å². The maximum Gasteiger partial charge on any atom is 0.0220 e. The van der Waals surface area contributed by atoms with E-state index >= 15 is 0 Å². The first kappa shape index (κ1) is 16.0. The van der Waals surface area contributed by atoms with Gasteiger partial charge in [0.2, 0.25) is 0 Å². The van der Waals surface area contributed by atoms with E-state index in [-0.39, 0.29) is 0 Å². The highest BCUT2D eigenvalue weighted by Gasteiger charge is 2.28. The topological polar surface area (TPSA) is 15.3 Å². The van der Waals surface area contributed by atoms with Gasteiger partial charge in [0, 0.05) is 19.1 Å². The molecule has 0 aromatic rings.